The number of hydrogen-bond acceptors (Lipinski definition) is 5. The summed E-state index contributed by atoms with van der Waals surface area (Å²) < 4.78 is 0. The van der Waals surface area contributed by atoms with Crippen molar-refractivity contribution in [3.8, 4) is 0 Å². The summed E-state index contributed by atoms with van der Waals surface area (Å²) in [6.07, 6.45) is 2.57. The number of aromatic nitrogens is 2. The molecule has 2 heterocycles. The van der Waals surface area contributed by atoms with Crippen molar-refractivity contribution in [2.75, 3.05) is 50.5 Å². The lowest BCUT2D eigenvalue weighted by Gasteiger charge is -2.32. The van der Waals surface area contributed by atoms with Gasteiger partial charge in [-0.1, -0.05) is 0 Å². The molecule has 2 rings (SSSR count). The van der Waals surface area contributed by atoms with E-state index in [9.17, 15) is 0 Å². The highest BCUT2D eigenvalue weighted by Crippen LogP contribution is 2.20. The minimum absolute atomic E-state index is 0.734. The van der Waals surface area contributed by atoms with E-state index in [2.05, 4.69) is 52.2 Å². The minimum Gasteiger partial charge on any atom is -0.359 e. The van der Waals surface area contributed by atoms with Crippen LogP contribution in [0.15, 0.2) is 6.07 Å². The molecule has 0 amide bonds. The number of hydrogen-bond donors (Lipinski definition) is 1. The standard InChI is InChI=1S/C15H27N5/c1-5-16-15-17-12(2)10-14(18-15)20(4)11-13-6-8-19(3)9-7-13/h10,13H,5-9,11H2,1-4H3,(H,16,17,18). The van der Waals surface area contributed by atoms with E-state index in [1.54, 1.807) is 0 Å². The molecule has 20 heavy (non-hydrogen) atoms. The van der Waals surface area contributed by atoms with Crippen LogP contribution in [0.1, 0.15) is 25.5 Å². The van der Waals surface area contributed by atoms with Crippen molar-refractivity contribution >= 4 is 11.8 Å². The number of nitrogens with one attached hydrogen (secondary N) is 1. The zero-order valence-electron chi connectivity index (χ0n) is 13.2. The second kappa shape index (κ2) is 6.88. The summed E-state index contributed by atoms with van der Waals surface area (Å²) in [6.45, 7) is 8.44. The molecular weight excluding hydrogens is 250 g/mol. The van der Waals surface area contributed by atoms with Crippen LogP contribution in [0.3, 0.4) is 0 Å². The molecule has 0 bridgehead atoms. The highest BCUT2D eigenvalue weighted by molar-refractivity contribution is 5.44. The first-order valence-electron chi connectivity index (χ1n) is 7.57. The number of nitrogens with zero attached hydrogens (tertiary/aromatic N) is 4. The van der Waals surface area contributed by atoms with E-state index in [-0.39, 0.29) is 0 Å². The highest BCUT2D eigenvalue weighted by atomic mass is 15.2. The number of rotatable bonds is 5. The van der Waals surface area contributed by atoms with Gasteiger partial charge in [0.25, 0.3) is 0 Å². The average Bonchev–Trinajstić information content (AvgIpc) is 2.41. The van der Waals surface area contributed by atoms with Gasteiger partial charge in [-0.05, 0) is 52.7 Å². The number of likely N-dealkylation sites (tertiary alicyclic amines) is 1. The molecule has 0 aromatic carbocycles. The van der Waals surface area contributed by atoms with Crippen molar-refractivity contribution in [3.05, 3.63) is 11.8 Å². The topological polar surface area (TPSA) is 44.3 Å². The Morgan fingerprint density at radius 2 is 2.05 bits per heavy atom. The summed E-state index contributed by atoms with van der Waals surface area (Å²) in [7, 11) is 4.34. The summed E-state index contributed by atoms with van der Waals surface area (Å²) in [5.74, 6) is 2.53. The van der Waals surface area contributed by atoms with Gasteiger partial charge >= 0.3 is 0 Å². The van der Waals surface area contributed by atoms with Gasteiger partial charge in [0.1, 0.15) is 5.82 Å². The maximum Gasteiger partial charge on any atom is 0.224 e. The van der Waals surface area contributed by atoms with Crippen molar-refractivity contribution < 1.29 is 0 Å². The molecule has 1 saturated heterocycles. The molecule has 1 fully saturated rings. The normalized spacial score (nSPS) is 17.2. The summed E-state index contributed by atoms with van der Waals surface area (Å²) in [5, 5.41) is 3.20. The Morgan fingerprint density at radius 1 is 1.35 bits per heavy atom. The summed E-state index contributed by atoms with van der Waals surface area (Å²) in [4.78, 5) is 13.7. The molecule has 0 saturated carbocycles. The van der Waals surface area contributed by atoms with Gasteiger partial charge in [0.05, 0.1) is 0 Å². The van der Waals surface area contributed by atoms with Crippen LogP contribution in [0, 0.1) is 12.8 Å². The van der Waals surface area contributed by atoms with Crippen LogP contribution < -0.4 is 10.2 Å². The van der Waals surface area contributed by atoms with Crippen LogP contribution in [-0.4, -0.2) is 55.1 Å². The molecule has 112 valence electrons. The molecule has 0 atom stereocenters. The van der Waals surface area contributed by atoms with E-state index >= 15 is 0 Å². The van der Waals surface area contributed by atoms with E-state index in [1.165, 1.54) is 25.9 Å². The van der Waals surface area contributed by atoms with Crippen molar-refractivity contribution in [2.45, 2.75) is 26.7 Å². The molecule has 5 heteroatoms. The van der Waals surface area contributed by atoms with E-state index in [4.69, 9.17) is 0 Å². The van der Waals surface area contributed by atoms with Crippen LogP contribution in [0.4, 0.5) is 11.8 Å². The zero-order chi connectivity index (χ0) is 14.5. The molecule has 0 spiro atoms. The first kappa shape index (κ1) is 15.0. The first-order chi connectivity index (χ1) is 9.58. The van der Waals surface area contributed by atoms with Gasteiger partial charge in [-0.3, -0.25) is 0 Å². The van der Waals surface area contributed by atoms with Gasteiger partial charge in [0.15, 0.2) is 0 Å². The summed E-state index contributed by atoms with van der Waals surface area (Å²) >= 11 is 0. The lowest BCUT2D eigenvalue weighted by atomic mass is 9.97. The monoisotopic (exact) mass is 277 g/mol. The van der Waals surface area contributed by atoms with Crippen LogP contribution >= 0.6 is 0 Å². The molecule has 0 aliphatic carbocycles. The van der Waals surface area contributed by atoms with Crippen LogP contribution in [-0.2, 0) is 0 Å². The van der Waals surface area contributed by atoms with E-state index in [0.29, 0.717) is 0 Å². The van der Waals surface area contributed by atoms with E-state index in [1.807, 2.05) is 6.92 Å². The van der Waals surface area contributed by atoms with Gasteiger partial charge in [0, 0.05) is 31.9 Å². The van der Waals surface area contributed by atoms with Gasteiger partial charge in [0.2, 0.25) is 5.95 Å². The fraction of sp³-hybridized carbons (Fsp3) is 0.733. The number of aryl methyl sites for hydroxylation is 1. The number of anilines is 2. The van der Waals surface area contributed by atoms with E-state index < -0.39 is 0 Å². The van der Waals surface area contributed by atoms with Crippen LogP contribution in [0.5, 0.6) is 0 Å². The minimum atomic E-state index is 0.734. The van der Waals surface area contributed by atoms with Crippen molar-refractivity contribution in [2.24, 2.45) is 5.92 Å². The Hall–Kier alpha value is -1.36. The molecule has 1 N–H and O–H groups in total. The second-order valence-electron chi connectivity index (χ2n) is 5.85. The molecule has 5 nitrogen and oxygen atoms in total. The third-order valence-corrected chi connectivity index (χ3v) is 3.94. The summed E-state index contributed by atoms with van der Waals surface area (Å²) in [6, 6.07) is 2.07. The predicted molar refractivity (Wildman–Crippen MR) is 84.4 cm³/mol. The lowest BCUT2D eigenvalue weighted by molar-refractivity contribution is 0.222. The van der Waals surface area contributed by atoms with Gasteiger partial charge < -0.3 is 15.1 Å². The summed E-state index contributed by atoms with van der Waals surface area (Å²) in [5.41, 5.74) is 1.01. The largest absolute Gasteiger partial charge is 0.359 e. The van der Waals surface area contributed by atoms with Gasteiger partial charge in [-0.2, -0.15) is 4.98 Å². The van der Waals surface area contributed by atoms with E-state index in [0.717, 1.165) is 36.5 Å². The Kier molecular flexibility index (Phi) is 5.17. The number of piperidine rings is 1. The average molecular weight is 277 g/mol. The highest BCUT2D eigenvalue weighted by Gasteiger charge is 2.19. The Morgan fingerprint density at radius 3 is 2.70 bits per heavy atom. The molecular formula is C15H27N5. The fourth-order valence-electron chi connectivity index (χ4n) is 2.71. The third kappa shape index (κ3) is 4.07. The fourth-order valence-corrected chi connectivity index (χ4v) is 2.71. The zero-order valence-corrected chi connectivity index (χ0v) is 13.2. The molecule has 1 aromatic heterocycles. The SMILES string of the molecule is CCNc1nc(C)cc(N(C)CC2CCN(C)CC2)n1. The van der Waals surface area contributed by atoms with Gasteiger partial charge in [-0.15, -0.1) is 0 Å². The molecule has 1 aromatic rings. The Bertz CT molecular complexity index is 426. The quantitative estimate of drug-likeness (QED) is 0.892. The predicted octanol–water partition coefficient (Wildman–Crippen LogP) is 1.99. The molecule has 1 aliphatic heterocycles. The maximum atomic E-state index is 4.60. The van der Waals surface area contributed by atoms with Crippen molar-refractivity contribution in [1.82, 2.24) is 14.9 Å². The Labute approximate surface area is 122 Å². The smallest absolute Gasteiger partial charge is 0.224 e. The molecule has 0 radical (unpaired) electrons. The second-order valence-corrected chi connectivity index (χ2v) is 5.85. The molecule has 0 unspecified atom stereocenters. The van der Waals surface area contributed by atoms with Crippen LogP contribution in [0.2, 0.25) is 0 Å². The van der Waals surface area contributed by atoms with Crippen molar-refractivity contribution in [3.63, 3.8) is 0 Å². The lowest BCUT2D eigenvalue weighted by Crippen LogP contribution is -2.36. The maximum absolute atomic E-state index is 4.60. The van der Waals surface area contributed by atoms with Crippen LogP contribution in [0.25, 0.3) is 0 Å². The Balaban J connectivity index is 1.99. The first-order valence-corrected chi connectivity index (χ1v) is 7.57. The third-order valence-electron chi connectivity index (χ3n) is 3.94. The van der Waals surface area contributed by atoms with Crippen molar-refractivity contribution in [1.29, 1.82) is 0 Å². The molecule has 1 aliphatic rings. The van der Waals surface area contributed by atoms with Gasteiger partial charge in [-0.25, -0.2) is 4.98 Å².